The Kier molecular flexibility index (Phi) is 5.20. The summed E-state index contributed by atoms with van der Waals surface area (Å²) in [5.74, 6) is 0.871. The monoisotopic (exact) mass is 518 g/mol. The van der Waals surface area contributed by atoms with E-state index in [1.807, 2.05) is 27.0 Å². The molecule has 3 aliphatic rings. The predicted molar refractivity (Wildman–Crippen MR) is 129 cm³/mol. The van der Waals surface area contributed by atoms with Gasteiger partial charge in [-0.05, 0) is 57.9 Å². The van der Waals surface area contributed by atoms with Crippen LogP contribution < -0.4 is 10.6 Å². The van der Waals surface area contributed by atoms with Crippen molar-refractivity contribution in [3.8, 4) is 0 Å². The summed E-state index contributed by atoms with van der Waals surface area (Å²) in [4.78, 5) is 35.1. The molecule has 32 heavy (non-hydrogen) atoms. The highest BCUT2D eigenvalue weighted by Crippen LogP contribution is 2.34. The fourth-order valence-corrected chi connectivity index (χ4v) is 6.08. The molecular weight excluding hydrogens is 492 g/mol. The first-order chi connectivity index (χ1) is 15.1. The van der Waals surface area contributed by atoms with Crippen LogP contribution >= 0.6 is 27.5 Å². The lowest BCUT2D eigenvalue weighted by atomic mass is 9.90. The van der Waals surface area contributed by atoms with E-state index < -0.39 is 0 Å². The first-order valence-electron chi connectivity index (χ1n) is 10.9. The lowest BCUT2D eigenvalue weighted by Crippen LogP contribution is -2.64. The zero-order chi connectivity index (χ0) is 22.8. The smallest absolute Gasteiger partial charge is 0.330 e. The number of hydrogen-bond donors (Lipinski definition) is 0. The SMILES string of the molecule is Cn1c(=O)n(CC(C)(C)C)c2ccc(N3CC4CCC3CN4C(=O)c3nscc3Br)nc21. The highest BCUT2D eigenvalue weighted by atomic mass is 79.9. The second-order valence-corrected chi connectivity index (χ2v) is 11.5. The third kappa shape index (κ3) is 3.57. The molecule has 0 radical (unpaired) electrons. The number of halogens is 1. The quantitative estimate of drug-likeness (QED) is 0.530. The average molecular weight is 519 g/mol. The van der Waals surface area contributed by atoms with Crippen LogP contribution in [0.25, 0.3) is 11.2 Å². The lowest BCUT2D eigenvalue weighted by molar-refractivity contribution is 0.0498. The Labute approximate surface area is 199 Å². The van der Waals surface area contributed by atoms with Crippen LogP contribution in [0, 0.1) is 5.41 Å². The Bertz CT molecular complexity index is 1260. The van der Waals surface area contributed by atoms with E-state index in [4.69, 9.17) is 4.98 Å². The predicted octanol–water partition coefficient (Wildman–Crippen LogP) is 3.49. The summed E-state index contributed by atoms with van der Waals surface area (Å²) in [5, 5.41) is 1.84. The number of hydrogen-bond acceptors (Lipinski definition) is 6. The van der Waals surface area contributed by atoms with E-state index >= 15 is 0 Å². The number of fused-ring (bicyclic) bond motifs is 4. The second-order valence-electron chi connectivity index (χ2n) is 10.0. The molecule has 6 heterocycles. The molecule has 6 rings (SSSR count). The molecule has 3 saturated heterocycles. The van der Waals surface area contributed by atoms with Gasteiger partial charge >= 0.3 is 5.69 Å². The minimum atomic E-state index is -0.0367. The van der Waals surface area contributed by atoms with Gasteiger partial charge < -0.3 is 9.80 Å². The molecule has 1 amide bonds. The summed E-state index contributed by atoms with van der Waals surface area (Å²) in [6.07, 6.45) is 2.01. The number of amides is 1. The third-order valence-electron chi connectivity index (χ3n) is 6.41. The van der Waals surface area contributed by atoms with Crippen LogP contribution in [0.2, 0.25) is 0 Å². The largest absolute Gasteiger partial charge is 0.350 e. The standard InChI is InChI=1S/C22H27BrN6O2S/c1-22(2,3)12-29-16-7-8-17(24-19(16)26(4)21(29)31)27-9-14-6-5-13(27)10-28(14)20(30)18-15(23)11-32-25-18/h7-8,11,13-14H,5-6,9-10,12H2,1-4H3. The summed E-state index contributed by atoms with van der Waals surface area (Å²) < 4.78 is 8.50. The van der Waals surface area contributed by atoms with Crippen molar-refractivity contribution >= 4 is 50.4 Å². The van der Waals surface area contributed by atoms with E-state index in [-0.39, 0.29) is 29.1 Å². The van der Waals surface area contributed by atoms with Gasteiger partial charge in [-0.25, -0.2) is 9.78 Å². The molecule has 0 spiro atoms. The van der Waals surface area contributed by atoms with Crippen LogP contribution in [0.15, 0.2) is 26.8 Å². The molecule has 2 bridgehead atoms. The average Bonchev–Trinajstić information content (AvgIpc) is 3.29. The Hall–Kier alpha value is -2.20. The van der Waals surface area contributed by atoms with Crippen LogP contribution in [0.5, 0.6) is 0 Å². The number of anilines is 1. The van der Waals surface area contributed by atoms with E-state index in [1.54, 1.807) is 11.6 Å². The summed E-state index contributed by atoms with van der Waals surface area (Å²) >= 11 is 4.73. The maximum atomic E-state index is 13.1. The number of pyridine rings is 1. The van der Waals surface area contributed by atoms with Crippen molar-refractivity contribution in [3.63, 3.8) is 0 Å². The normalized spacial score (nSPS) is 21.0. The van der Waals surface area contributed by atoms with Crippen LogP contribution in [0.1, 0.15) is 44.1 Å². The van der Waals surface area contributed by atoms with Gasteiger partial charge in [-0.2, -0.15) is 4.37 Å². The molecule has 0 aromatic carbocycles. The molecular formula is C22H27BrN6O2S. The van der Waals surface area contributed by atoms with Gasteiger partial charge in [0.1, 0.15) is 5.82 Å². The van der Waals surface area contributed by atoms with Crippen molar-refractivity contribution in [2.45, 2.75) is 52.2 Å². The zero-order valence-electron chi connectivity index (χ0n) is 18.7. The van der Waals surface area contributed by atoms with Crippen LogP contribution in [0.4, 0.5) is 5.82 Å². The first kappa shape index (κ1) is 21.6. The first-order valence-corrected chi connectivity index (χ1v) is 12.5. The molecule has 3 fully saturated rings. The Balaban J connectivity index is 1.43. The van der Waals surface area contributed by atoms with Gasteiger partial charge in [0.2, 0.25) is 0 Å². The van der Waals surface area contributed by atoms with Crippen molar-refractivity contribution in [3.05, 3.63) is 38.2 Å². The number of piperidine rings is 2. The molecule has 3 aromatic heterocycles. The van der Waals surface area contributed by atoms with Gasteiger partial charge in [0.25, 0.3) is 5.91 Å². The number of aryl methyl sites for hydroxylation is 1. The number of carbonyl (C=O) groups excluding carboxylic acids is 1. The third-order valence-corrected chi connectivity index (χ3v) is 7.95. The van der Waals surface area contributed by atoms with E-state index in [0.717, 1.165) is 35.2 Å². The molecule has 2 unspecified atom stereocenters. The topological polar surface area (TPSA) is 76.3 Å². The fraction of sp³-hybridized carbons (Fsp3) is 0.545. The maximum absolute atomic E-state index is 13.1. The summed E-state index contributed by atoms with van der Waals surface area (Å²) in [7, 11) is 1.79. The highest BCUT2D eigenvalue weighted by molar-refractivity contribution is 9.10. The van der Waals surface area contributed by atoms with Crippen molar-refractivity contribution in [1.82, 2.24) is 23.4 Å². The van der Waals surface area contributed by atoms with Crippen molar-refractivity contribution in [2.24, 2.45) is 12.5 Å². The Morgan fingerprint density at radius 1 is 1.22 bits per heavy atom. The summed E-state index contributed by atoms with van der Waals surface area (Å²) in [5.41, 5.74) is 2.03. The van der Waals surface area contributed by atoms with Gasteiger partial charge in [-0.15, -0.1) is 0 Å². The lowest BCUT2D eigenvalue weighted by Gasteiger charge is -2.51. The van der Waals surface area contributed by atoms with Crippen molar-refractivity contribution in [1.29, 1.82) is 0 Å². The van der Waals surface area contributed by atoms with E-state index in [2.05, 4.69) is 46.0 Å². The molecule has 0 aliphatic carbocycles. The number of aromatic nitrogens is 4. The molecule has 3 aromatic rings. The summed E-state index contributed by atoms with van der Waals surface area (Å²) in [6, 6.07) is 4.38. The highest BCUT2D eigenvalue weighted by Gasteiger charge is 2.42. The Morgan fingerprint density at radius 2 is 1.97 bits per heavy atom. The number of carbonyl (C=O) groups is 1. The number of piperazine rings is 1. The van der Waals surface area contributed by atoms with Gasteiger partial charge in [0.05, 0.1) is 9.99 Å². The molecule has 3 aliphatic heterocycles. The van der Waals surface area contributed by atoms with Gasteiger partial charge in [0.15, 0.2) is 11.3 Å². The van der Waals surface area contributed by atoms with Gasteiger partial charge in [-0.1, -0.05) is 20.8 Å². The van der Waals surface area contributed by atoms with Gasteiger partial charge in [0, 0.05) is 44.1 Å². The molecule has 170 valence electrons. The second kappa shape index (κ2) is 7.69. The van der Waals surface area contributed by atoms with Crippen molar-refractivity contribution in [2.75, 3.05) is 18.0 Å². The summed E-state index contributed by atoms with van der Waals surface area (Å²) in [6.45, 7) is 8.43. The fourth-order valence-electron chi connectivity index (χ4n) is 4.91. The molecule has 2 atom stereocenters. The van der Waals surface area contributed by atoms with Crippen molar-refractivity contribution < 1.29 is 4.79 Å². The zero-order valence-corrected chi connectivity index (χ0v) is 21.1. The maximum Gasteiger partial charge on any atom is 0.330 e. The molecule has 10 heteroatoms. The number of nitrogens with zero attached hydrogens (tertiary/aromatic N) is 6. The minimum Gasteiger partial charge on any atom is -0.350 e. The van der Waals surface area contributed by atoms with Crippen LogP contribution in [0.3, 0.4) is 0 Å². The molecule has 0 saturated carbocycles. The number of imidazole rings is 1. The van der Waals surface area contributed by atoms with Crippen LogP contribution in [-0.2, 0) is 13.6 Å². The number of rotatable bonds is 3. The van der Waals surface area contributed by atoms with Gasteiger partial charge in [-0.3, -0.25) is 13.9 Å². The molecule has 8 nitrogen and oxygen atoms in total. The molecule has 0 N–H and O–H groups in total. The minimum absolute atomic E-state index is 0.00228. The Morgan fingerprint density at radius 3 is 2.59 bits per heavy atom. The van der Waals surface area contributed by atoms with E-state index in [9.17, 15) is 9.59 Å². The van der Waals surface area contributed by atoms with E-state index in [0.29, 0.717) is 24.4 Å². The van der Waals surface area contributed by atoms with E-state index in [1.165, 1.54) is 11.5 Å². The van der Waals surface area contributed by atoms with Crippen LogP contribution in [-0.4, -0.2) is 54.5 Å².